The van der Waals surface area contributed by atoms with Gasteiger partial charge < -0.3 is 10.1 Å². The molecule has 1 atom stereocenters. The van der Waals surface area contributed by atoms with E-state index in [1.54, 1.807) is 18.2 Å². The summed E-state index contributed by atoms with van der Waals surface area (Å²) in [7, 11) is -3.76. The van der Waals surface area contributed by atoms with Gasteiger partial charge >= 0.3 is 0 Å². The van der Waals surface area contributed by atoms with Crippen molar-refractivity contribution in [2.75, 3.05) is 32.7 Å². The monoisotopic (exact) mass is 438 g/mol. The average Bonchev–Trinajstić information content (AvgIpc) is 2.69. The lowest BCUT2D eigenvalue weighted by atomic mass is 10.1. The lowest BCUT2D eigenvalue weighted by Gasteiger charge is -2.31. The number of aromatic nitrogens is 1. The van der Waals surface area contributed by atoms with Crippen LogP contribution < -0.4 is 14.8 Å². The number of hydrogen-bond acceptors (Lipinski definition) is 6. The van der Waals surface area contributed by atoms with Crippen molar-refractivity contribution < 1.29 is 13.2 Å². The normalized spacial score (nSPS) is 16.7. The molecule has 1 aliphatic heterocycles. The van der Waals surface area contributed by atoms with E-state index in [4.69, 9.17) is 16.3 Å². The molecule has 7 nitrogen and oxygen atoms in total. The first-order valence-electron chi connectivity index (χ1n) is 9.67. The SMILES string of the molecule is CC(C)Oc1ccc(S(=O)(=O)N[C@H](CN2CCNCC2)c2ccc(Cl)cc2)cn1. The number of hydrogen-bond donors (Lipinski definition) is 2. The quantitative estimate of drug-likeness (QED) is 0.658. The van der Waals surface area contributed by atoms with Gasteiger partial charge in [-0.15, -0.1) is 0 Å². The summed E-state index contributed by atoms with van der Waals surface area (Å²) < 4.78 is 34.4. The maximum absolute atomic E-state index is 13.0. The Morgan fingerprint density at radius 2 is 1.86 bits per heavy atom. The number of piperazine rings is 1. The van der Waals surface area contributed by atoms with E-state index in [2.05, 4.69) is 19.9 Å². The van der Waals surface area contributed by atoms with Gasteiger partial charge in [-0.25, -0.2) is 18.1 Å². The van der Waals surface area contributed by atoms with Crippen molar-refractivity contribution in [2.24, 2.45) is 0 Å². The zero-order valence-corrected chi connectivity index (χ0v) is 18.2. The minimum atomic E-state index is -3.76. The van der Waals surface area contributed by atoms with Crippen molar-refractivity contribution in [3.05, 3.63) is 53.2 Å². The van der Waals surface area contributed by atoms with Gasteiger partial charge in [0.05, 0.1) is 18.3 Å². The maximum Gasteiger partial charge on any atom is 0.242 e. The van der Waals surface area contributed by atoms with Gasteiger partial charge in [0.2, 0.25) is 15.9 Å². The van der Waals surface area contributed by atoms with E-state index in [-0.39, 0.29) is 11.0 Å². The van der Waals surface area contributed by atoms with E-state index >= 15 is 0 Å². The van der Waals surface area contributed by atoms with Crippen molar-refractivity contribution in [3.8, 4) is 5.88 Å². The summed E-state index contributed by atoms with van der Waals surface area (Å²) in [5, 5.41) is 3.92. The van der Waals surface area contributed by atoms with Crippen LogP contribution in [0.15, 0.2) is 47.5 Å². The molecule has 1 aliphatic rings. The highest BCUT2D eigenvalue weighted by Gasteiger charge is 2.25. The van der Waals surface area contributed by atoms with E-state index < -0.39 is 16.1 Å². The van der Waals surface area contributed by atoms with Crippen LogP contribution in [0, 0.1) is 0 Å². The molecular weight excluding hydrogens is 412 g/mol. The molecule has 0 unspecified atom stereocenters. The fraction of sp³-hybridized carbons (Fsp3) is 0.450. The zero-order valence-electron chi connectivity index (χ0n) is 16.6. The summed E-state index contributed by atoms with van der Waals surface area (Å²) >= 11 is 6.01. The molecular formula is C20H27ClN4O3S. The minimum absolute atomic E-state index is 0.0311. The maximum atomic E-state index is 13.0. The Labute approximate surface area is 177 Å². The van der Waals surface area contributed by atoms with Gasteiger partial charge in [-0.1, -0.05) is 23.7 Å². The standard InChI is InChI=1S/C20H27ClN4O3S/c1-15(2)28-20-8-7-18(13-23-20)29(26,27)24-19(14-25-11-9-22-10-12-25)16-3-5-17(21)6-4-16/h3-8,13,15,19,22,24H,9-12,14H2,1-2H3/t19-/m1/s1. The van der Waals surface area contributed by atoms with E-state index in [1.165, 1.54) is 12.3 Å². The van der Waals surface area contributed by atoms with Crippen LogP contribution in [0.25, 0.3) is 0 Å². The fourth-order valence-corrected chi connectivity index (χ4v) is 4.44. The van der Waals surface area contributed by atoms with Gasteiger partial charge in [0, 0.05) is 43.8 Å². The van der Waals surface area contributed by atoms with Crippen LogP contribution in [-0.4, -0.2) is 57.1 Å². The molecule has 2 heterocycles. The van der Waals surface area contributed by atoms with Crippen LogP contribution in [0.3, 0.4) is 0 Å². The zero-order chi connectivity index (χ0) is 20.9. The highest BCUT2D eigenvalue weighted by molar-refractivity contribution is 7.89. The van der Waals surface area contributed by atoms with E-state index in [9.17, 15) is 8.42 Å². The predicted octanol–water partition coefficient (Wildman–Crippen LogP) is 2.45. The summed E-state index contributed by atoms with van der Waals surface area (Å²) in [5.74, 6) is 0.397. The third-order valence-corrected chi connectivity index (χ3v) is 6.31. The van der Waals surface area contributed by atoms with Gasteiger partial charge in [0.25, 0.3) is 0 Å². The van der Waals surface area contributed by atoms with Crippen molar-refractivity contribution in [1.29, 1.82) is 0 Å². The van der Waals surface area contributed by atoms with E-state index in [0.717, 1.165) is 31.7 Å². The van der Waals surface area contributed by atoms with Crippen LogP contribution in [0.5, 0.6) is 5.88 Å². The first-order chi connectivity index (χ1) is 13.8. The molecule has 1 saturated heterocycles. The lowest BCUT2D eigenvalue weighted by molar-refractivity contribution is 0.223. The summed E-state index contributed by atoms with van der Waals surface area (Å²) in [4.78, 5) is 6.47. The van der Waals surface area contributed by atoms with Gasteiger partial charge in [-0.05, 0) is 37.6 Å². The molecule has 0 saturated carbocycles. The van der Waals surface area contributed by atoms with Gasteiger partial charge in [-0.2, -0.15) is 0 Å². The second-order valence-electron chi connectivity index (χ2n) is 7.27. The molecule has 0 aliphatic carbocycles. The highest BCUT2D eigenvalue weighted by atomic mass is 35.5. The number of halogens is 1. The number of rotatable bonds is 8. The minimum Gasteiger partial charge on any atom is -0.475 e. The molecule has 2 N–H and O–H groups in total. The van der Waals surface area contributed by atoms with Crippen molar-refractivity contribution in [3.63, 3.8) is 0 Å². The van der Waals surface area contributed by atoms with E-state index in [0.29, 0.717) is 17.4 Å². The number of sulfonamides is 1. The molecule has 9 heteroatoms. The molecule has 0 spiro atoms. The second kappa shape index (κ2) is 9.86. The molecule has 1 aromatic heterocycles. The third-order valence-electron chi connectivity index (χ3n) is 4.60. The molecule has 0 radical (unpaired) electrons. The number of ether oxygens (including phenoxy) is 1. The molecule has 0 bridgehead atoms. The Morgan fingerprint density at radius 3 is 2.45 bits per heavy atom. The molecule has 1 fully saturated rings. The Balaban J connectivity index is 1.80. The van der Waals surface area contributed by atoms with Gasteiger partial charge in [0.15, 0.2) is 0 Å². The number of benzene rings is 1. The summed E-state index contributed by atoms with van der Waals surface area (Å²) in [5.41, 5.74) is 0.865. The molecule has 158 valence electrons. The molecule has 0 amide bonds. The number of pyridine rings is 1. The number of nitrogens with zero attached hydrogens (tertiary/aromatic N) is 2. The molecule has 1 aromatic carbocycles. The Bertz CT molecular complexity index is 883. The fourth-order valence-electron chi connectivity index (χ4n) is 3.15. The second-order valence-corrected chi connectivity index (χ2v) is 9.43. The largest absolute Gasteiger partial charge is 0.475 e. The predicted molar refractivity (Wildman–Crippen MR) is 114 cm³/mol. The van der Waals surface area contributed by atoms with Crippen LogP contribution in [0.2, 0.25) is 5.02 Å². The molecule has 2 aromatic rings. The number of nitrogens with one attached hydrogen (secondary N) is 2. The average molecular weight is 439 g/mol. The highest BCUT2D eigenvalue weighted by Crippen LogP contribution is 2.21. The van der Waals surface area contributed by atoms with Crippen molar-refractivity contribution >= 4 is 21.6 Å². The summed E-state index contributed by atoms with van der Waals surface area (Å²) in [6, 6.07) is 9.94. The van der Waals surface area contributed by atoms with Gasteiger partial charge in [-0.3, -0.25) is 4.90 Å². The topological polar surface area (TPSA) is 83.6 Å². The lowest BCUT2D eigenvalue weighted by Crippen LogP contribution is -2.47. The summed E-state index contributed by atoms with van der Waals surface area (Å²) in [6.45, 7) is 7.87. The van der Waals surface area contributed by atoms with Crippen molar-refractivity contribution in [2.45, 2.75) is 30.9 Å². The Hall–Kier alpha value is -1.71. The Morgan fingerprint density at radius 1 is 1.17 bits per heavy atom. The molecule has 3 rings (SSSR count). The Kier molecular flexibility index (Phi) is 7.48. The smallest absolute Gasteiger partial charge is 0.242 e. The van der Waals surface area contributed by atoms with Gasteiger partial charge in [0.1, 0.15) is 4.90 Å². The summed E-state index contributed by atoms with van der Waals surface area (Å²) in [6.07, 6.45) is 1.29. The van der Waals surface area contributed by atoms with Crippen LogP contribution in [-0.2, 0) is 10.0 Å². The third kappa shape index (κ3) is 6.38. The molecule has 29 heavy (non-hydrogen) atoms. The first kappa shape index (κ1) is 22.0. The van der Waals surface area contributed by atoms with E-state index in [1.807, 2.05) is 26.0 Å². The van der Waals surface area contributed by atoms with Crippen LogP contribution in [0.4, 0.5) is 0 Å². The van der Waals surface area contributed by atoms with Crippen LogP contribution in [0.1, 0.15) is 25.5 Å². The van der Waals surface area contributed by atoms with Crippen molar-refractivity contribution in [1.82, 2.24) is 19.9 Å². The first-order valence-corrected chi connectivity index (χ1v) is 11.5. The van der Waals surface area contributed by atoms with Crippen LogP contribution >= 0.6 is 11.6 Å².